The van der Waals surface area contributed by atoms with E-state index in [0.717, 1.165) is 25.4 Å². The topological polar surface area (TPSA) is 45.3 Å². The first-order chi connectivity index (χ1) is 14.0. The molecule has 1 fully saturated rings. The molecule has 2 aromatic carbocycles. The largest absolute Gasteiger partial charge is 0.494 e. The molecule has 156 valence electrons. The van der Waals surface area contributed by atoms with Gasteiger partial charge in [0, 0.05) is 38.4 Å². The summed E-state index contributed by atoms with van der Waals surface area (Å²) >= 11 is 0. The first-order valence-corrected chi connectivity index (χ1v) is 10.2. The lowest BCUT2D eigenvalue weighted by atomic mass is 10.1. The number of carbonyl (C=O) groups excluding carboxylic acids is 1. The Morgan fingerprint density at radius 2 is 1.62 bits per heavy atom. The number of anilines is 1. The van der Waals surface area contributed by atoms with Crippen LogP contribution in [-0.4, -0.2) is 69.2 Å². The molecule has 1 aliphatic heterocycles. The Balaban J connectivity index is 1.47. The van der Waals surface area contributed by atoms with Crippen LogP contribution in [0.15, 0.2) is 48.5 Å². The third-order valence-electron chi connectivity index (χ3n) is 4.90. The summed E-state index contributed by atoms with van der Waals surface area (Å²) in [6, 6.07) is 16.0. The number of hydrogen-bond donors (Lipinski definition) is 0. The van der Waals surface area contributed by atoms with Crippen molar-refractivity contribution in [3.05, 3.63) is 54.1 Å². The van der Waals surface area contributed by atoms with Gasteiger partial charge in [-0.3, -0.25) is 4.79 Å². The average molecular weight is 398 g/mol. The molecule has 0 radical (unpaired) electrons. The molecule has 0 atom stereocenters. The lowest BCUT2D eigenvalue weighted by Crippen LogP contribution is -2.50. The van der Waals surface area contributed by atoms with Crippen molar-refractivity contribution in [2.75, 3.05) is 58.4 Å². The van der Waals surface area contributed by atoms with Gasteiger partial charge in [-0.25, -0.2) is 0 Å². The summed E-state index contributed by atoms with van der Waals surface area (Å²) in [6.07, 6.45) is 0. The summed E-state index contributed by atoms with van der Waals surface area (Å²) in [6.45, 7) is 6.66. The average Bonchev–Trinajstić information content (AvgIpc) is 2.73. The minimum Gasteiger partial charge on any atom is -0.494 e. The second-order valence-electron chi connectivity index (χ2n) is 7.47. The molecule has 0 aromatic heterocycles. The molecule has 0 N–H and O–H groups in total. The van der Waals surface area contributed by atoms with Gasteiger partial charge in [-0.1, -0.05) is 12.1 Å². The second-order valence-corrected chi connectivity index (χ2v) is 7.47. The van der Waals surface area contributed by atoms with Gasteiger partial charge in [0.1, 0.15) is 11.5 Å². The molecule has 0 spiro atoms. The van der Waals surface area contributed by atoms with Crippen LogP contribution in [0.5, 0.6) is 11.5 Å². The molecule has 1 aliphatic rings. The number of ether oxygens (including phenoxy) is 2. The van der Waals surface area contributed by atoms with Crippen molar-refractivity contribution in [3.63, 3.8) is 0 Å². The smallest absolute Gasteiger partial charge is 0.260 e. The zero-order chi connectivity index (χ0) is 20.6. The first kappa shape index (κ1) is 21.0. The van der Waals surface area contributed by atoms with E-state index in [4.69, 9.17) is 9.47 Å². The maximum atomic E-state index is 12.5. The van der Waals surface area contributed by atoms with Crippen molar-refractivity contribution in [3.8, 4) is 11.5 Å². The van der Waals surface area contributed by atoms with Crippen molar-refractivity contribution in [1.82, 2.24) is 9.80 Å². The minimum absolute atomic E-state index is 0.0277. The van der Waals surface area contributed by atoms with Gasteiger partial charge in [0.05, 0.1) is 6.61 Å². The van der Waals surface area contributed by atoms with Crippen LogP contribution >= 0.6 is 0 Å². The van der Waals surface area contributed by atoms with Gasteiger partial charge in [-0.15, -0.1) is 0 Å². The zero-order valence-electron chi connectivity index (χ0n) is 17.6. The SMILES string of the molecule is CCOc1ccc(OCC(=O)N2CCN(c3cccc(CN(C)C)c3)CC2)cc1. The van der Waals surface area contributed by atoms with E-state index in [1.165, 1.54) is 11.3 Å². The van der Waals surface area contributed by atoms with Gasteiger partial charge < -0.3 is 24.2 Å². The number of carbonyl (C=O) groups is 1. The van der Waals surface area contributed by atoms with Crippen LogP contribution in [0.3, 0.4) is 0 Å². The van der Waals surface area contributed by atoms with E-state index in [1.54, 1.807) is 0 Å². The first-order valence-electron chi connectivity index (χ1n) is 10.2. The molecule has 0 unspecified atom stereocenters. The number of nitrogens with zero attached hydrogens (tertiary/aromatic N) is 3. The van der Waals surface area contributed by atoms with Crippen LogP contribution in [0.2, 0.25) is 0 Å². The van der Waals surface area contributed by atoms with E-state index in [9.17, 15) is 4.79 Å². The standard InChI is InChI=1S/C23H31N3O3/c1-4-28-21-8-10-22(11-9-21)29-18-23(27)26-14-12-25(13-15-26)20-7-5-6-19(16-20)17-24(2)3/h5-11,16H,4,12-15,17-18H2,1-3H3. The number of hydrogen-bond acceptors (Lipinski definition) is 5. The molecule has 1 saturated heterocycles. The van der Waals surface area contributed by atoms with Crippen LogP contribution in [0.25, 0.3) is 0 Å². The summed E-state index contributed by atoms with van der Waals surface area (Å²) in [7, 11) is 4.15. The van der Waals surface area contributed by atoms with E-state index in [0.29, 0.717) is 25.4 Å². The van der Waals surface area contributed by atoms with Crippen LogP contribution in [0.4, 0.5) is 5.69 Å². The number of benzene rings is 2. The van der Waals surface area contributed by atoms with Crippen molar-refractivity contribution >= 4 is 11.6 Å². The van der Waals surface area contributed by atoms with Crippen molar-refractivity contribution < 1.29 is 14.3 Å². The molecule has 6 heteroatoms. The quantitative estimate of drug-likeness (QED) is 0.685. The fraction of sp³-hybridized carbons (Fsp3) is 0.435. The van der Waals surface area contributed by atoms with Crippen LogP contribution in [0.1, 0.15) is 12.5 Å². The predicted octanol–water partition coefficient (Wildman–Crippen LogP) is 2.87. The summed E-state index contributed by atoms with van der Waals surface area (Å²) in [5.41, 5.74) is 2.52. The summed E-state index contributed by atoms with van der Waals surface area (Å²) in [5, 5.41) is 0. The fourth-order valence-corrected chi connectivity index (χ4v) is 3.47. The van der Waals surface area contributed by atoms with Crippen LogP contribution in [-0.2, 0) is 11.3 Å². The number of amides is 1. The van der Waals surface area contributed by atoms with Crippen molar-refractivity contribution in [2.45, 2.75) is 13.5 Å². The van der Waals surface area contributed by atoms with Gasteiger partial charge in [-0.05, 0) is 63.0 Å². The fourth-order valence-electron chi connectivity index (χ4n) is 3.47. The molecule has 0 aliphatic carbocycles. The Bertz CT molecular complexity index is 784. The highest BCUT2D eigenvalue weighted by Crippen LogP contribution is 2.20. The van der Waals surface area contributed by atoms with Gasteiger partial charge in [0.2, 0.25) is 0 Å². The number of piperazine rings is 1. The Morgan fingerprint density at radius 1 is 0.966 bits per heavy atom. The van der Waals surface area contributed by atoms with E-state index in [2.05, 4.69) is 48.2 Å². The van der Waals surface area contributed by atoms with Crippen molar-refractivity contribution in [1.29, 1.82) is 0 Å². The molecule has 3 rings (SSSR count). The Kier molecular flexibility index (Phi) is 7.36. The highest BCUT2D eigenvalue weighted by Gasteiger charge is 2.21. The molecular formula is C23H31N3O3. The minimum atomic E-state index is 0.0277. The molecular weight excluding hydrogens is 366 g/mol. The molecule has 29 heavy (non-hydrogen) atoms. The summed E-state index contributed by atoms with van der Waals surface area (Å²) < 4.78 is 11.1. The number of rotatable bonds is 8. The predicted molar refractivity (Wildman–Crippen MR) is 116 cm³/mol. The zero-order valence-corrected chi connectivity index (χ0v) is 17.6. The van der Waals surface area contributed by atoms with Gasteiger partial charge in [0.15, 0.2) is 6.61 Å². The van der Waals surface area contributed by atoms with Gasteiger partial charge in [-0.2, -0.15) is 0 Å². The normalized spacial score (nSPS) is 14.2. The van der Waals surface area contributed by atoms with E-state index < -0.39 is 0 Å². The summed E-state index contributed by atoms with van der Waals surface area (Å²) in [5.74, 6) is 1.51. The lowest BCUT2D eigenvalue weighted by molar-refractivity contribution is -0.133. The Morgan fingerprint density at radius 3 is 2.24 bits per heavy atom. The third-order valence-corrected chi connectivity index (χ3v) is 4.90. The van der Waals surface area contributed by atoms with E-state index >= 15 is 0 Å². The molecule has 1 heterocycles. The second kappa shape index (κ2) is 10.2. The molecule has 1 amide bonds. The highest BCUT2D eigenvalue weighted by molar-refractivity contribution is 5.78. The maximum absolute atomic E-state index is 12.5. The van der Waals surface area contributed by atoms with Crippen LogP contribution < -0.4 is 14.4 Å². The molecule has 0 bridgehead atoms. The monoisotopic (exact) mass is 397 g/mol. The lowest BCUT2D eigenvalue weighted by Gasteiger charge is -2.36. The maximum Gasteiger partial charge on any atom is 0.260 e. The van der Waals surface area contributed by atoms with E-state index in [-0.39, 0.29) is 12.5 Å². The molecule has 2 aromatic rings. The van der Waals surface area contributed by atoms with Gasteiger partial charge in [0.25, 0.3) is 5.91 Å². The van der Waals surface area contributed by atoms with Gasteiger partial charge >= 0.3 is 0 Å². The van der Waals surface area contributed by atoms with Crippen molar-refractivity contribution in [2.24, 2.45) is 0 Å². The van der Waals surface area contributed by atoms with E-state index in [1.807, 2.05) is 36.1 Å². The molecule has 6 nitrogen and oxygen atoms in total. The van der Waals surface area contributed by atoms with Crippen LogP contribution in [0, 0.1) is 0 Å². The molecule has 0 saturated carbocycles. The highest BCUT2D eigenvalue weighted by atomic mass is 16.5. The Hall–Kier alpha value is -2.73. The summed E-state index contributed by atoms with van der Waals surface area (Å²) in [4.78, 5) is 18.9. The third kappa shape index (κ3) is 6.12. The Labute approximate surface area is 173 Å².